The molecule has 6 nitrogen and oxygen atoms in total. The number of piperidine rings is 1. The first kappa shape index (κ1) is 17.4. The number of sulfonamides is 1. The van der Waals surface area contributed by atoms with Gasteiger partial charge in [-0.1, -0.05) is 6.92 Å². The molecule has 1 unspecified atom stereocenters. The second kappa shape index (κ2) is 7.95. The molecule has 1 atom stereocenters. The predicted molar refractivity (Wildman–Crippen MR) is 77.7 cm³/mol. The minimum atomic E-state index is -3.14. The summed E-state index contributed by atoms with van der Waals surface area (Å²) in [6.07, 6.45) is 2.49. The monoisotopic (exact) mass is 306 g/mol. The minimum Gasteiger partial charge on any atom is -0.396 e. The molecule has 20 heavy (non-hydrogen) atoms. The highest BCUT2D eigenvalue weighted by Gasteiger charge is 2.30. The van der Waals surface area contributed by atoms with E-state index < -0.39 is 10.0 Å². The van der Waals surface area contributed by atoms with E-state index in [1.807, 2.05) is 6.92 Å². The Balaban J connectivity index is 2.47. The Morgan fingerprint density at radius 3 is 2.40 bits per heavy atom. The summed E-state index contributed by atoms with van der Waals surface area (Å²) in [5.74, 6) is -0.0250. The minimum absolute atomic E-state index is 0.00454. The van der Waals surface area contributed by atoms with E-state index in [9.17, 15) is 13.2 Å². The first-order chi connectivity index (χ1) is 9.44. The van der Waals surface area contributed by atoms with E-state index >= 15 is 0 Å². The van der Waals surface area contributed by atoms with Gasteiger partial charge in [-0.05, 0) is 32.6 Å². The summed E-state index contributed by atoms with van der Waals surface area (Å²) < 4.78 is 24.9. The van der Waals surface area contributed by atoms with Crippen LogP contribution in [0.3, 0.4) is 0 Å². The quantitative estimate of drug-likeness (QED) is 0.709. The Morgan fingerprint density at radius 1 is 1.35 bits per heavy atom. The molecule has 0 bridgehead atoms. The summed E-state index contributed by atoms with van der Waals surface area (Å²) in [7, 11) is -3.14. The number of carbonyl (C=O) groups excluding carboxylic acids is 1. The Morgan fingerprint density at radius 2 is 1.95 bits per heavy atom. The Kier molecular flexibility index (Phi) is 6.91. The third-order valence-electron chi connectivity index (χ3n) is 3.90. The van der Waals surface area contributed by atoms with Crippen molar-refractivity contribution in [1.82, 2.24) is 9.62 Å². The van der Waals surface area contributed by atoms with Gasteiger partial charge in [-0.15, -0.1) is 0 Å². The molecule has 1 aliphatic heterocycles. The van der Waals surface area contributed by atoms with Crippen molar-refractivity contribution in [1.29, 1.82) is 0 Å². The molecule has 0 aromatic carbocycles. The highest BCUT2D eigenvalue weighted by Crippen LogP contribution is 2.20. The fourth-order valence-corrected chi connectivity index (χ4v) is 3.56. The fourth-order valence-electron chi connectivity index (χ4n) is 2.43. The molecule has 0 aliphatic carbocycles. The number of hydrogen-bond donors (Lipinski definition) is 2. The molecule has 2 N–H and O–H groups in total. The number of aliphatic hydroxyl groups is 1. The lowest BCUT2D eigenvalue weighted by Gasteiger charge is -2.31. The zero-order valence-corrected chi connectivity index (χ0v) is 13.2. The number of nitrogens with one attached hydrogen (secondary N) is 1. The van der Waals surface area contributed by atoms with Crippen LogP contribution in [0.1, 0.15) is 39.5 Å². The topological polar surface area (TPSA) is 86.7 Å². The Hall–Kier alpha value is -0.660. The van der Waals surface area contributed by atoms with Crippen molar-refractivity contribution >= 4 is 15.9 Å². The van der Waals surface area contributed by atoms with Gasteiger partial charge >= 0.3 is 0 Å². The van der Waals surface area contributed by atoms with Crippen LogP contribution in [0.15, 0.2) is 0 Å². The standard InChI is InChI=1S/C13H26N2O4S/c1-3-12(7-10-16)14-13(17)11-5-8-15(9-6-11)20(18,19)4-2/h11-12,16H,3-10H2,1-2H3,(H,14,17). The summed E-state index contributed by atoms with van der Waals surface area (Å²) in [6.45, 7) is 4.51. The molecule has 118 valence electrons. The maximum atomic E-state index is 12.1. The van der Waals surface area contributed by atoms with Gasteiger partial charge in [0.25, 0.3) is 0 Å². The van der Waals surface area contributed by atoms with Crippen LogP contribution in [0.2, 0.25) is 0 Å². The van der Waals surface area contributed by atoms with Crippen LogP contribution in [0.5, 0.6) is 0 Å². The molecule has 0 radical (unpaired) electrons. The molecule has 0 aromatic heterocycles. The van der Waals surface area contributed by atoms with Crippen molar-refractivity contribution in [3.05, 3.63) is 0 Å². The van der Waals surface area contributed by atoms with Crippen molar-refractivity contribution in [2.45, 2.75) is 45.6 Å². The zero-order chi connectivity index (χ0) is 15.2. The van der Waals surface area contributed by atoms with Gasteiger partial charge in [0.15, 0.2) is 0 Å². The smallest absolute Gasteiger partial charge is 0.223 e. The van der Waals surface area contributed by atoms with Crippen LogP contribution in [0.25, 0.3) is 0 Å². The highest BCUT2D eigenvalue weighted by molar-refractivity contribution is 7.89. The number of nitrogens with zero attached hydrogens (tertiary/aromatic N) is 1. The molecule has 1 heterocycles. The molecule has 0 saturated carbocycles. The van der Waals surface area contributed by atoms with Gasteiger partial charge in [-0.3, -0.25) is 4.79 Å². The van der Waals surface area contributed by atoms with Crippen LogP contribution >= 0.6 is 0 Å². The lowest BCUT2D eigenvalue weighted by Crippen LogP contribution is -2.45. The summed E-state index contributed by atoms with van der Waals surface area (Å²) >= 11 is 0. The van der Waals surface area contributed by atoms with E-state index in [0.29, 0.717) is 32.4 Å². The second-order valence-corrected chi connectivity index (χ2v) is 7.46. The van der Waals surface area contributed by atoms with Crippen molar-refractivity contribution in [3.63, 3.8) is 0 Å². The van der Waals surface area contributed by atoms with Crippen LogP contribution in [-0.4, -0.2) is 55.2 Å². The molecule has 1 amide bonds. The van der Waals surface area contributed by atoms with Gasteiger partial charge in [-0.25, -0.2) is 12.7 Å². The van der Waals surface area contributed by atoms with Crippen LogP contribution in [0, 0.1) is 5.92 Å². The van der Waals surface area contributed by atoms with Crippen molar-refractivity contribution in [2.75, 3.05) is 25.4 Å². The molecule has 1 saturated heterocycles. The summed E-state index contributed by atoms with van der Waals surface area (Å²) in [5, 5.41) is 11.9. The van der Waals surface area contributed by atoms with Gasteiger partial charge in [0.05, 0.1) is 5.75 Å². The molecule has 1 aliphatic rings. The normalized spacial score (nSPS) is 19.8. The zero-order valence-electron chi connectivity index (χ0n) is 12.3. The van der Waals surface area contributed by atoms with Gasteiger partial charge in [0.1, 0.15) is 0 Å². The second-order valence-electron chi connectivity index (χ2n) is 5.20. The largest absolute Gasteiger partial charge is 0.396 e. The number of aliphatic hydroxyl groups excluding tert-OH is 1. The fraction of sp³-hybridized carbons (Fsp3) is 0.923. The Bertz CT molecular complexity index is 403. The number of hydrogen-bond acceptors (Lipinski definition) is 4. The molecule has 1 fully saturated rings. The average molecular weight is 306 g/mol. The SMILES string of the molecule is CCC(CCO)NC(=O)C1CCN(S(=O)(=O)CC)CC1. The molecule has 1 rings (SSSR count). The molecular formula is C13H26N2O4S. The van der Waals surface area contributed by atoms with Crippen LogP contribution < -0.4 is 5.32 Å². The lowest BCUT2D eigenvalue weighted by molar-refractivity contribution is -0.127. The number of carbonyl (C=O) groups is 1. The molecule has 0 spiro atoms. The molecular weight excluding hydrogens is 280 g/mol. The van der Waals surface area contributed by atoms with Crippen molar-refractivity contribution < 1.29 is 18.3 Å². The Labute approximate surface area is 121 Å². The van der Waals surface area contributed by atoms with E-state index in [1.54, 1.807) is 6.92 Å². The lowest BCUT2D eigenvalue weighted by atomic mass is 9.96. The maximum Gasteiger partial charge on any atom is 0.223 e. The highest BCUT2D eigenvalue weighted by atomic mass is 32.2. The molecule has 0 aromatic rings. The summed E-state index contributed by atoms with van der Waals surface area (Å²) in [6, 6.07) is 0.00454. The van der Waals surface area contributed by atoms with E-state index in [0.717, 1.165) is 6.42 Å². The predicted octanol–water partition coefficient (Wildman–Crippen LogP) is 0.325. The third kappa shape index (κ3) is 4.71. The van der Waals surface area contributed by atoms with Gasteiger partial charge in [0, 0.05) is 31.7 Å². The van der Waals surface area contributed by atoms with Gasteiger partial charge < -0.3 is 10.4 Å². The first-order valence-corrected chi connectivity index (χ1v) is 8.94. The van der Waals surface area contributed by atoms with E-state index in [2.05, 4.69) is 5.32 Å². The summed E-state index contributed by atoms with van der Waals surface area (Å²) in [5.41, 5.74) is 0. The van der Waals surface area contributed by atoms with Crippen LogP contribution in [-0.2, 0) is 14.8 Å². The van der Waals surface area contributed by atoms with E-state index in [-0.39, 0.29) is 30.2 Å². The third-order valence-corrected chi connectivity index (χ3v) is 5.78. The van der Waals surface area contributed by atoms with Gasteiger partial charge in [-0.2, -0.15) is 0 Å². The number of amides is 1. The maximum absolute atomic E-state index is 12.1. The molecule has 7 heteroatoms. The van der Waals surface area contributed by atoms with Crippen LogP contribution in [0.4, 0.5) is 0 Å². The average Bonchev–Trinajstić information content (AvgIpc) is 2.46. The van der Waals surface area contributed by atoms with Crippen molar-refractivity contribution in [3.8, 4) is 0 Å². The van der Waals surface area contributed by atoms with E-state index in [1.165, 1.54) is 4.31 Å². The van der Waals surface area contributed by atoms with E-state index in [4.69, 9.17) is 5.11 Å². The summed E-state index contributed by atoms with van der Waals surface area (Å²) in [4.78, 5) is 12.1. The number of rotatable bonds is 7. The first-order valence-electron chi connectivity index (χ1n) is 7.33. The van der Waals surface area contributed by atoms with Crippen molar-refractivity contribution in [2.24, 2.45) is 5.92 Å². The van der Waals surface area contributed by atoms with Gasteiger partial charge in [0.2, 0.25) is 15.9 Å².